The Balaban J connectivity index is 1.48. The Hall–Kier alpha value is -2.55. The van der Waals surface area contributed by atoms with E-state index in [1.165, 1.54) is 0 Å². The van der Waals surface area contributed by atoms with Crippen LogP contribution in [0.25, 0.3) is 17.0 Å². The van der Waals surface area contributed by atoms with Crippen molar-refractivity contribution < 1.29 is 14.4 Å². The molecule has 0 aliphatic carbocycles. The predicted octanol–water partition coefficient (Wildman–Crippen LogP) is 6.70. The first-order chi connectivity index (χ1) is 16.8. The lowest BCUT2D eigenvalue weighted by Crippen LogP contribution is -2.43. The number of rotatable bonds is 4. The van der Waals surface area contributed by atoms with E-state index in [4.69, 9.17) is 11.6 Å². The fourth-order valence-electron chi connectivity index (χ4n) is 4.67. The first kappa shape index (κ1) is 24.2. The second-order valence-corrected chi connectivity index (χ2v) is 11.1. The van der Waals surface area contributed by atoms with Gasteiger partial charge in [0.25, 0.3) is 11.1 Å². The van der Waals surface area contributed by atoms with Crippen LogP contribution in [0.4, 0.5) is 10.5 Å². The van der Waals surface area contributed by atoms with Crippen LogP contribution in [0.5, 0.6) is 0 Å². The van der Waals surface area contributed by atoms with Gasteiger partial charge in [-0.25, -0.2) is 4.90 Å². The third kappa shape index (κ3) is 4.79. The molecule has 6 nitrogen and oxygen atoms in total. The summed E-state index contributed by atoms with van der Waals surface area (Å²) in [5.74, 6) is -0.289. The maximum Gasteiger partial charge on any atom is 0.298 e. The van der Waals surface area contributed by atoms with E-state index in [-0.39, 0.29) is 29.6 Å². The van der Waals surface area contributed by atoms with Gasteiger partial charge in [0.05, 0.1) is 10.6 Å². The number of hydrogen-bond donors (Lipinski definition) is 0. The molecule has 3 aromatic rings. The Morgan fingerprint density at radius 3 is 2.69 bits per heavy atom. The number of benzene rings is 2. The molecule has 180 valence electrons. The number of carbonyl (C=O) groups is 3. The van der Waals surface area contributed by atoms with E-state index in [0.29, 0.717) is 15.6 Å². The van der Waals surface area contributed by atoms with Crippen LogP contribution in [-0.4, -0.2) is 39.1 Å². The minimum Gasteiger partial charge on any atom is -0.338 e. The van der Waals surface area contributed by atoms with Gasteiger partial charge in [-0.15, -0.1) is 0 Å². The van der Waals surface area contributed by atoms with Gasteiger partial charge in [0.15, 0.2) is 0 Å². The summed E-state index contributed by atoms with van der Waals surface area (Å²) in [7, 11) is 0. The largest absolute Gasteiger partial charge is 0.338 e. The van der Waals surface area contributed by atoms with E-state index in [2.05, 4.69) is 22.9 Å². The number of thioether (sulfide) groups is 1. The number of aromatic nitrogens is 1. The van der Waals surface area contributed by atoms with Gasteiger partial charge in [-0.05, 0) is 86.5 Å². The summed E-state index contributed by atoms with van der Waals surface area (Å²) in [4.78, 5) is 42.4. The lowest BCUT2D eigenvalue weighted by molar-refractivity contribution is -0.135. The van der Waals surface area contributed by atoms with Crippen LogP contribution in [0.2, 0.25) is 5.02 Å². The number of anilines is 1. The van der Waals surface area contributed by atoms with Gasteiger partial charge in [-0.1, -0.05) is 27.5 Å². The van der Waals surface area contributed by atoms with E-state index in [1.54, 1.807) is 30.3 Å². The zero-order valence-electron chi connectivity index (χ0n) is 19.0. The molecule has 2 aromatic carbocycles. The number of hydrogen-bond acceptors (Lipinski definition) is 4. The summed E-state index contributed by atoms with van der Waals surface area (Å²) in [6.07, 6.45) is 6.84. The second-order valence-electron chi connectivity index (χ2n) is 8.80. The standard InChI is InChI=1S/C26H23BrClN3O3S/c1-16-4-2-3-11-30(16)24(32)15-29-14-17(21-13-18(27)5-10-22(21)29)12-23-25(33)31(26(34)35-23)20-8-6-19(28)7-9-20/h5-10,12-14,16H,2-4,11,15H2,1H3/b23-12-/t16-/m0/s1. The maximum absolute atomic E-state index is 13.1. The highest BCUT2D eigenvalue weighted by atomic mass is 79.9. The van der Waals surface area contributed by atoms with Crippen molar-refractivity contribution in [3.05, 3.63) is 68.6 Å². The zero-order valence-corrected chi connectivity index (χ0v) is 22.2. The molecule has 0 unspecified atom stereocenters. The number of fused-ring (bicyclic) bond motifs is 1. The normalized spacial score (nSPS) is 19.9. The lowest BCUT2D eigenvalue weighted by Gasteiger charge is -2.33. The monoisotopic (exact) mass is 571 g/mol. The summed E-state index contributed by atoms with van der Waals surface area (Å²) in [5, 5.41) is 1.07. The lowest BCUT2D eigenvalue weighted by atomic mass is 10.0. The molecule has 0 N–H and O–H groups in total. The molecule has 2 saturated heterocycles. The molecule has 1 atom stereocenters. The molecule has 9 heteroatoms. The molecule has 2 aliphatic rings. The zero-order chi connectivity index (χ0) is 24.7. The predicted molar refractivity (Wildman–Crippen MR) is 145 cm³/mol. The van der Waals surface area contributed by atoms with E-state index < -0.39 is 0 Å². The Labute approximate surface area is 221 Å². The summed E-state index contributed by atoms with van der Waals surface area (Å²) < 4.78 is 2.82. The molecule has 0 bridgehead atoms. The minimum atomic E-state index is -0.378. The van der Waals surface area contributed by atoms with Crippen LogP contribution in [0.3, 0.4) is 0 Å². The van der Waals surface area contributed by atoms with Crippen molar-refractivity contribution in [2.75, 3.05) is 11.4 Å². The third-order valence-corrected chi connectivity index (χ3v) is 8.08. The number of likely N-dealkylation sites (tertiary alicyclic amines) is 1. The average Bonchev–Trinajstić information content (AvgIpc) is 3.30. The molecule has 0 spiro atoms. The van der Waals surface area contributed by atoms with Crippen molar-refractivity contribution in [2.24, 2.45) is 0 Å². The van der Waals surface area contributed by atoms with E-state index in [9.17, 15) is 14.4 Å². The molecule has 3 amide bonds. The summed E-state index contributed by atoms with van der Waals surface area (Å²) in [6, 6.07) is 12.7. The van der Waals surface area contributed by atoms with Crippen LogP contribution < -0.4 is 4.90 Å². The average molecular weight is 573 g/mol. The SMILES string of the molecule is C[C@H]1CCCCN1C(=O)Cn1cc(/C=C2\SC(=O)N(c3ccc(Cl)cc3)C2=O)c2cc(Br)ccc21. The van der Waals surface area contributed by atoms with Crippen molar-refractivity contribution in [2.45, 2.75) is 38.8 Å². The Morgan fingerprint density at radius 2 is 1.94 bits per heavy atom. The number of halogens is 2. The minimum absolute atomic E-state index is 0.0895. The second kappa shape index (κ2) is 9.84. The molecule has 35 heavy (non-hydrogen) atoms. The van der Waals surface area contributed by atoms with Crippen molar-refractivity contribution >= 4 is 79.0 Å². The van der Waals surface area contributed by atoms with E-state index >= 15 is 0 Å². The molecule has 2 aliphatic heterocycles. The summed E-state index contributed by atoms with van der Waals surface area (Å²) in [5.41, 5.74) is 2.16. The molecule has 2 fully saturated rings. The van der Waals surface area contributed by atoms with E-state index in [0.717, 1.165) is 63.4 Å². The fraction of sp³-hybridized carbons (Fsp3) is 0.269. The van der Waals surface area contributed by atoms with Gasteiger partial charge in [0.2, 0.25) is 5.91 Å². The molecule has 5 rings (SSSR count). The molecule has 1 aromatic heterocycles. The molecule has 0 radical (unpaired) electrons. The molecular weight excluding hydrogens is 550 g/mol. The van der Waals surface area contributed by atoms with Gasteiger partial charge < -0.3 is 9.47 Å². The first-order valence-electron chi connectivity index (χ1n) is 11.4. The number of piperidine rings is 1. The Morgan fingerprint density at radius 1 is 1.17 bits per heavy atom. The quantitative estimate of drug-likeness (QED) is 0.327. The summed E-state index contributed by atoms with van der Waals surface area (Å²) in [6.45, 7) is 3.11. The molecule has 0 saturated carbocycles. The number of carbonyl (C=O) groups excluding carboxylic acids is 3. The van der Waals surface area contributed by atoms with Gasteiger partial charge >= 0.3 is 0 Å². The van der Waals surface area contributed by atoms with Crippen molar-refractivity contribution in [1.82, 2.24) is 9.47 Å². The van der Waals surface area contributed by atoms with Crippen LogP contribution in [0, 0.1) is 0 Å². The molecular formula is C26H23BrClN3O3S. The smallest absolute Gasteiger partial charge is 0.298 e. The highest BCUT2D eigenvalue weighted by molar-refractivity contribution is 9.10. The van der Waals surface area contributed by atoms with Crippen molar-refractivity contribution in [3.8, 4) is 0 Å². The first-order valence-corrected chi connectivity index (χ1v) is 13.4. The van der Waals surface area contributed by atoms with Crippen molar-refractivity contribution in [3.63, 3.8) is 0 Å². The number of amides is 3. The van der Waals surface area contributed by atoms with Gasteiger partial charge in [-0.3, -0.25) is 14.4 Å². The van der Waals surface area contributed by atoms with Crippen molar-refractivity contribution in [1.29, 1.82) is 0 Å². The van der Waals surface area contributed by atoms with Crippen LogP contribution in [-0.2, 0) is 16.1 Å². The fourth-order valence-corrected chi connectivity index (χ4v) is 5.99. The summed E-state index contributed by atoms with van der Waals surface area (Å²) >= 11 is 10.4. The number of nitrogens with zero attached hydrogens (tertiary/aromatic N) is 3. The highest BCUT2D eigenvalue weighted by Gasteiger charge is 2.36. The Kier molecular flexibility index (Phi) is 6.79. The topological polar surface area (TPSA) is 62.6 Å². The van der Waals surface area contributed by atoms with Crippen LogP contribution >= 0.6 is 39.3 Å². The highest BCUT2D eigenvalue weighted by Crippen LogP contribution is 2.37. The van der Waals surface area contributed by atoms with Crippen LogP contribution in [0.1, 0.15) is 31.7 Å². The van der Waals surface area contributed by atoms with Gasteiger partial charge in [0.1, 0.15) is 6.54 Å². The molecule has 3 heterocycles. The number of imide groups is 1. The maximum atomic E-state index is 13.1. The van der Waals surface area contributed by atoms with Crippen LogP contribution in [0.15, 0.2) is 58.0 Å². The third-order valence-electron chi connectivity index (χ3n) is 6.47. The van der Waals surface area contributed by atoms with E-state index in [1.807, 2.05) is 33.9 Å². The Bertz CT molecular complexity index is 1370. The van der Waals surface area contributed by atoms with Gasteiger partial charge in [0, 0.05) is 44.7 Å². The van der Waals surface area contributed by atoms with Gasteiger partial charge in [-0.2, -0.15) is 0 Å².